The van der Waals surface area contributed by atoms with Crippen molar-refractivity contribution in [1.29, 1.82) is 0 Å². The van der Waals surface area contributed by atoms with Gasteiger partial charge in [0.25, 0.3) is 5.56 Å². The lowest BCUT2D eigenvalue weighted by molar-refractivity contribution is -0.139. The third-order valence-electron chi connectivity index (χ3n) is 7.30. The van der Waals surface area contributed by atoms with E-state index in [0.29, 0.717) is 17.8 Å². The molecule has 0 N–H and O–H groups in total. The molecule has 0 aliphatic heterocycles. The van der Waals surface area contributed by atoms with Crippen LogP contribution in [0.1, 0.15) is 75.5 Å². The van der Waals surface area contributed by atoms with Crippen molar-refractivity contribution in [1.82, 2.24) is 9.55 Å². The molecule has 0 unspecified atom stereocenters. The van der Waals surface area contributed by atoms with Gasteiger partial charge in [0.05, 0.1) is 23.6 Å². The first-order valence-electron chi connectivity index (χ1n) is 11.7. The number of carbonyl (C=O) groups excluding carboxylic acids is 1. The zero-order valence-electron chi connectivity index (χ0n) is 18.2. The zero-order chi connectivity index (χ0) is 21.4. The molecule has 0 atom stereocenters. The molecule has 0 radical (unpaired) electrons. The van der Waals surface area contributed by atoms with E-state index in [9.17, 15) is 9.59 Å². The Morgan fingerprint density at radius 3 is 2.68 bits per heavy atom. The second-order valence-electron chi connectivity index (χ2n) is 9.15. The van der Waals surface area contributed by atoms with Gasteiger partial charge in [-0.05, 0) is 44.6 Å². The van der Waals surface area contributed by atoms with E-state index >= 15 is 0 Å². The summed E-state index contributed by atoms with van der Waals surface area (Å²) in [6.07, 6.45) is 9.98. The van der Waals surface area contributed by atoms with Crippen LogP contribution in [0, 0.1) is 0 Å². The first kappa shape index (κ1) is 20.8. The van der Waals surface area contributed by atoms with Gasteiger partial charge >= 0.3 is 5.97 Å². The van der Waals surface area contributed by atoms with Crippen LogP contribution in [0.25, 0.3) is 11.3 Å². The minimum Gasteiger partial charge on any atom is -0.465 e. The Balaban J connectivity index is 1.72. The van der Waals surface area contributed by atoms with E-state index < -0.39 is 0 Å². The molecule has 1 heterocycles. The van der Waals surface area contributed by atoms with Gasteiger partial charge in [0, 0.05) is 17.0 Å². The molecule has 1 aromatic carbocycles. The molecular weight excluding hydrogens is 408 g/mol. The Morgan fingerprint density at radius 1 is 1.19 bits per heavy atom. The summed E-state index contributed by atoms with van der Waals surface area (Å²) in [5.41, 5.74) is 4.37. The summed E-state index contributed by atoms with van der Waals surface area (Å²) >= 11 is 1.35. The van der Waals surface area contributed by atoms with Gasteiger partial charge in [-0.25, -0.2) is 0 Å². The molecule has 31 heavy (non-hydrogen) atoms. The monoisotopic (exact) mass is 438 g/mol. The molecular formula is C25H30N2O3S. The van der Waals surface area contributed by atoms with Crippen molar-refractivity contribution < 1.29 is 9.53 Å². The van der Waals surface area contributed by atoms with Crippen molar-refractivity contribution >= 4 is 17.7 Å². The van der Waals surface area contributed by atoms with E-state index in [2.05, 4.69) is 33.8 Å². The van der Waals surface area contributed by atoms with Crippen LogP contribution >= 0.6 is 11.8 Å². The van der Waals surface area contributed by atoms with Gasteiger partial charge in [-0.15, -0.1) is 0 Å². The lowest BCUT2D eigenvalue weighted by Gasteiger charge is -2.38. The van der Waals surface area contributed by atoms with E-state index in [0.717, 1.165) is 43.4 Å². The van der Waals surface area contributed by atoms with Crippen molar-refractivity contribution in [3.63, 3.8) is 0 Å². The number of ether oxygens (including phenoxy) is 1. The Morgan fingerprint density at radius 2 is 1.94 bits per heavy atom. The van der Waals surface area contributed by atoms with Gasteiger partial charge < -0.3 is 9.30 Å². The van der Waals surface area contributed by atoms with Crippen LogP contribution in [-0.2, 0) is 21.4 Å². The van der Waals surface area contributed by atoms with Gasteiger partial charge in [0.1, 0.15) is 0 Å². The molecule has 2 aromatic rings. The average molecular weight is 439 g/mol. The lowest BCUT2D eigenvalue weighted by atomic mass is 9.68. The third-order valence-corrected chi connectivity index (χ3v) is 8.23. The number of fused-ring (bicyclic) bond motifs is 4. The van der Waals surface area contributed by atoms with E-state index in [1.54, 1.807) is 0 Å². The molecule has 5 rings (SSSR count). The molecule has 6 heteroatoms. The van der Waals surface area contributed by atoms with Crippen molar-refractivity contribution in [3.05, 3.63) is 45.7 Å². The fourth-order valence-electron chi connectivity index (χ4n) is 6.02. The number of benzene rings is 1. The highest BCUT2D eigenvalue weighted by molar-refractivity contribution is 7.99. The maximum atomic E-state index is 13.5. The molecule has 0 amide bonds. The van der Waals surface area contributed by atoms with Gasteiger partial charge in [0.15, 0.2) is 5.16 Å². The molecule has 0 saturated heterocycles. The first-order valence-corrected chi connectivity index (χ1v) is 12.7. The van der Waals surface area contributed by atoms with Gasteiger partial charge in [-0.1, -0.05) is 61.7 Å². The van der Waals surface area contributed by atoms with Crippen LogP contribution in [0.4, 0.5) is 0 Å². The quantitative estimate of drug-likeness (QED) is 0.371. The summed E-state index contributed by atoms with van der Waals surface area (Å²) in [6.45, 7) is 2.18. The number of thioether (sulfide) groups is 1. The number of hydrogen-bond donors (Lipinski definition) is 0. The number of rotatable bonds is 5. The number of nitrogens with zero attached hydrogens (tertiary/aromatic N) is 2. The molecule has 2 saturated carbocycles. The number of carbonyl (C=O) groups is 1. The maximum Gasteiger partial charge on any atom is 0.316 e. The van der Waals surface area contributed by atoms with Crippen LogP contribution in [-0.4, -0.2) is 27.9 Å². The maximum absolute atomic E-state index is 13.5. The van der Waals surface area contributed by atoms with Crippen LogP contribution in [0.15, 0.2) is 34.2 Å². The molecule has 3 aliphatic rings. The fraction of sp³-hybridized carbons (Fsp3) is 0.560. The van der Waals surface area contributed by atoms with Gasteiger partial charge in [-0.2, -0.15) is 4.98 Å². The van der Waals surface area contributed by atoms with Gasteiger partial charge in [0.2, 0.25) is 0 Å². The molecule has 3 aliphatic carbocycles. The third kappa shape index (κ3) is 3.63. The van der Waals surface area contributed by atoms with Crippen LogP contribution in [0.3, 0.4) is 0 Å². The first-order chi connectivity index (χ1) is 15.1. The van der Waals surface area contributed by atoms with Crippen molar-refractivity contribution in [3.8, 4) is 11.3 Å². The van der Waals surface area contributed by atoms with Crippen LogP contribution < -0.4 is 5.56 Å². The van der Waals surface area contributed by atoms with E-state index in [1.165, 1.54) is 48.6 Å². The summed E-state index contributed by atoms with van der Waals surface area (Å²) < 4.78 is 7.47. The average Bonchev–Trinajstić information content (AvgIpc) is 3.45. The summed E-state index contributed by atoms with van der Waals surface area (Å²) in [5.74, 6) is -0.0800. The normalized spacial score (nSPS) is 19.4. The Kier molecular flexibility index (Phi) is 5.67. The standard InChI is InChI=1S/C25H30N2O3S/c1-2-30-20(28)16-31-24-26-23(29)21-22(27(24)18-10-4-5-11-18)19-12-6-3-9-17(19)15-25(21)13-7-8-14-25/h3,6,9,12,18H,2,4-5,7-8,10-11,13-16H2,1H3. The van der Waals surface area contributed by atoms with E-state index in [4.69, 9.17) is 4.74 Å². The number of esters is 1. The Hall–Kier alpha value is -2.08. The highest BCUT2D eigenvalue weighted by atomic mass is 32.2. The molecule has 1 spiro atoms. The van der Waals surface area contributed by atoms with E-state index in [-0.39, 0.29) is 22.7 Å². The predicted octanol–water partition coefficient (Wildman–Crippen LogP) is 5.05. The van der Waals surface area contributed by atoms with Crippen molar-refractivity contribution in [2.45, 2.75) is 81.3 Å². The minimum absolute atomic E-state index is 0.0849. The highest BCUT2D eigenvalue weighted by Crippen LogP contribution is 2.51. The van der Waals surface area contributed by atoms with Gasteiger partial charge in [-0.3, -0.25) is 9.59 Å². The molecule has 2 fully saturated rings. The molecule has 0 bridgehead atoms. The number of aromatic nitrogens is 2. The number of hydrogen-bond acceptors (Lipinski definition) is 5. The summed E-state index contributed by atoms with van der Waals surface area (Å²) in [4.78, 5) is 30.2. The zero-order valence-corrected chi connectivity index (χ0v) is 19.0. The van der Waals surface area contributed by atoms with E-state index in [1.807, 2.05) is 6.92 Å². The second kappa shape index (κ2) is 8.45. The Bertz CT molecular complexity index is 1050. The predicted molar refractivity (Wildman–Crippen MR) is 123 cm³/mol. The lowest BCUT2D eigenvalue weighted by Crippen LogP contribution is -2.39. The van der Waals surface area contributed by atoms with Crippen LogP contribution in [0.2, 0.25) is 0 Å². The van der Waals surface area contributed by atoms with Crippen LogP contribution in [0.5, 0.6) is 0 Å². The topological polar surface area (TPSA) is 61.2 Å². The molecule has 1 aromatic heterocycles. The summed E-state index contributed by atoms with van der Waals surface area (Å²) in [5, 5.41) is 0.675. The minimum atomic E-state index is -0.259. The summed E-state index contributed by atoms with van der Waals surface area (Å²) in [7, 11) is 0. The largest absolute Gasteiger partial charge is 0.465 e. The molecule has 164 valence electrons. The second-order valence-corrected chi connectivity index (χ2v) is 10.1. The Labute approximate surface area is 187 Å². The SMILES string of the molecule is CCOC(=O)CSc1nc(=O)c2c(n1C1CCCC1)-c1ccccc1CC21CCCC1. The van der Waals surface area contributed by atoms with Crippen molar-refractivity contribution in [2.24, 2.45) is 0 Å². The fourth-order valence-corrected chi connectivity index (χ4v) is 6.88. The highest BCUT2D eigenvalue weighted by Gasteiger charge is 2.45. The van der Waals surface area contributed by atoms with Crippen molar-refractivity contribution in [2.75, 3.05) is 12.4 Å². The summed E-state index contributed by atoms with van der Waals surface area (Å²) in [6, 6.07) is 8.91. The smallest absolute Gasteiger partial charge is 0.316 e. The molecule has 5 nitrogen and oxygen atoms in total.